The van der Waals surface area contributed by atoms with Crippen LogP contribution >= 0.6 is 0 Å². The fourth-order valence-electron chi connectivity index (χ4n) is 3.05. The normalized spacial score (nSPS) is 10.7. The first-order valence-corrected chi connectivity index (χ1v) is 9.70. The molecule has 0 unspecified atom stereocenters. The van der Waals surface area contributed by atoms with E-state index in [2.05, 4.69) is 29.5 Å². The molecule has 1 aromatic heterocycles. The number of ether oxygens (including phenoxy) is 1. The molecule has 0 fully saturated rings. The number of amides is 1. The lowest BCUT2D eigenvalue weighted by Crippen LogP contribution is -2.23. The second-order valence-electron chi connectivity index (χ2n) is 6.74. The summed E-state index contributed by atoms with van der Waals surface area (Å²) in [6, 6.07) is 15.6. The minimum atomic E-state index is -0.0993. The van der Waals surface area contributed by atoms with E-state index in [0.717, 1.165) is 35.5 Å². The van der Waals surface area contributed by atoms with Crippen LogP contribution in [0, 0.1) is 6.92 Å². The largest absolute Gasteiger partial charge is 0.489 e. The van der Waals surface area contributed by atoms with E-state index in [1.165, 1.54) is 5.56 Å². The van der Waals surface area contributed by atoms with Gasteiger partial charge in [0.2, 0.25) is 0 Å². The van der Waals surface area contributed by atoms with Crippen LogP contribution in [0.4, 0.5) is 0 Å². The smallest absolute Gasteiger partial charge is 0.251 e. The summed E-state index contributed by atoms with van der Waals surface area (Å²) in [6.45, 7) is 7.91. The fourth-order valence-corrected chi connectivity index (χ4v) is 3.05. The minimum Gasteiger partial charge on any atom is -0.489 e. The Balaban J connectivity index is 1.58. The Labute approximate surface area is 166 Å². The quantitative estimate of drug-likeness (QED) is 0.637. The van der Waals surface area contributed by atoms with Crippen molar-refractivity contribution in [3.05, 3.63) is 82.7 Å². The van der Waals surface area contributed by atoms with Crippen LogP contribution in [0.3, 0.4) is 0 Å². The van der Waals surface area contributed by atoms with Crippen molar-refractivity contribution in [2.24, 2.45) is 0 Å². The standard InChI is InChI=1S/C23H27N3O2/c1-4-18-9-11-22(12-10-18)28-16-19-7-6-8-20(13-19)23(27)24-14-21-15-25-26(5-2)17(21)3/h6-13,15H,4-5,14,16H2,1-3H3,(H,24,27). The molecular formula is C23H27N3O2. The summed E-state index contributed by atoms with van der Waals surface area (Å²) < 4.78 is 7.77. The van der Waals surface area contributed by atoms with Crippen LogP contribution in [0.15, 0.2) is 54.7 Å². The van der Waals surface area contributed by atoms with Crippen molar-refractivity contribution in [3.63, 3.8) is 0 Å². The fraction of sp³-hybridized carbons (Fsp3) is 0.304. The minimum absolute atomic E-state index is 0.0993. The number of rotatable bonds is 8. The highest BCUT2D eigenvalue weighted by Gasteiger charge is 2.10. The summed E-state index contributed by atoms with van der Waals surface area (Å²) in [5.74, 6) is 0.730. The number of carbonyl (C=O) groups is 1. The molecule has 3 rings (SSSR count). The maximum absolute atomic E-state index is 12.5. The van der Waals surface area contributed by atoms with Gasteiger partial charge in [-0.15, -0.1) is 0 Å². The monoisotopic (exact) mass is 377 g/mol. The van der Waals surface area contributed by atoms with E-state index >= 15 is 0 Å². The first kappa shape index (κ1) is 19.7. The predicted molar refractivity (Wildman–Crippen MR) is 110 cm³/mol. The Morgan fingerprint density at radius 1 is 1.11 bits per heavy atom. The molecule has 0 aliphatic rings. The molecule has 0 bridgehead atoms. The highest BCUT2D eigenvalue weighted by atomic mass is 16.5. The topological polar surface area (TPSA) is 56.1 Å². The van der Waals surface area contributed by atoms with Gasteiger partial charge in [-0.2, -0.15) is 5.10 Å². The Morgan fingerprint density at radius 2 is 1.89 bits per heavy atom. The molecule has 0 aliphatic carbocycles. The van der Waals surface area contributed by atoms with Crippen molar-refractivity contribution in [1.29, 1.82) is 0 Å². The molecule has 2 aromatic carbocycles. The van der Waals surface area contributed by atoms with Crippen molar-refractivity contribution in [2.75, 3.05) is 0 Å². The lowest BCUT2D eigenvalue weighted by molar-refractivity contribution is 0.0950. The highest BCUT2D eigenvalue weighted by Crippen LogP contribution is 2.15. The average molecular weight is 377 g/mol. The van der Waals surface area contributed by atoms with Crippen LogP contribution in [0.1, 0.15) is 46.6 Å². The van der Waals surface area contributed by atoms with E-state index < -0.39 is 0 Å². The summed E-state index contributed by atoms with van der Waals surface area (Å²) in [5, 5.41) is 7.29. The van der Waals surface area contributed by atoms with E-state index in [1.807, 2.05) is 61.1 Å². The number of aryl methyl sites for hydroxylation is 2. The number of carbonyl (C=O) groups excluding carboxylic acids is 1. The summed E-state index contributed by atoms with van der Waals surface area (Å²) in [7, 11) is 0. The molecule has 28 heavy (non-hydrogen) atoms. The van der Waals surface area contributed by atoms with E-state index in [4.69, 9.17) is 4.74 Å². The zero-order valence-corrected chi connectivity index (χ0v) is 16.7. The van der Waals surface area contributed by atoms with E-state index in [9.17, 15) is 4.79 Å². The first-order chi connectivity index (χ1) is 13.6. The molecule has 0 radical (unpaired) electrons. The first-order valence-electron chi connectivity index (χ1n) is 9.70. The van der Waals surface area contributed by atoms with Crippen LogP contribution in [-0.4, -0.2) is 15.7 Å². The van der Waals surface area contributed by atoms with Crippen LogP contribution in [0.5, 0.6) is 5.75 Å². The Bertz CT molecular complexity index is 929. The molecule has 0 saturated heterocycles. The van der Waals surface area contributed by atoms with Gasteiger partial charge in [0.05, 0.1) is 6.20 Å². The van der Waals surface area contributed by atoms with Crippen LogP contribution in [-0.2, 0) is 26.1 Å². The summed E-state index contributed by atoms with van der Waals surface area (Å²) in [6.07, 6.45) is 2.82. The predicted octanol–water partition coefficient (Wildman–Crippen LogP) is 4.28. The molecule has 5 nitrogen and oxygen atoms in total. The van der Waals surface area contributed by atoms with Gasteiger partial charge in [0.25, 0.3) is 5.91 Å². The molecule has 5 heteroatoms. The molecule has 0 aliphatic heterocycles. The van der Waals surface area contributed by atoms with E-state index in [-0.39, 0.29) is 5.91 Å². The lowest BCUT2D eigenvalue weighted by atomic mass is 10.1. The van der Waals surface area contributed by atoms with Gasteiger partial charge in [0, 0.05) is 29.9 Å². The molecule has 0 saturated carbocycles. The van der Waals surface area contributed by atoms with Crippen molar-refractivity contribution in [1.82, 2.24) is 15.1 Å². The third-order valence-corrected chi connectivity index (χ3v) is 4.87. The highest BCUT2D eigenvalue weighted by molar-refractivity contribution is 5.94. The second-order valence-corrected chi connectivity index (χ2v) is 6.74. The Kier molecular flexibility index (Phi) is 6.48. The molecular weight excluding hydrogens is 350 g/mol. The maximum atomic E-state index is 12.5. The summed E-state index contributed by atoms with van der Waals surface area (Å²) in [5.41, 5.74) is 4.99. The van der Waals surface area contributed by atoms with Crippen molar-refractivity contribution in [2.45, 2.75) is 46.9 Å². The third kappa shape index (κ3) is 4.80. The number of aromatic nitrogens is 2. The molecule has 1 N–H and O–H groups in total. The molecule has 1 amide bonds. The zero-order chi connectivity index (χ0) is 19.9. The average Bonchev–Trinajstić information content (AvgIpc) is 3.10. The van der Waals surface area contributed by atoms with E-state index in [1.54, 1.807) is 0 Å². The number of nitrogens with zero attached hydrogens (tertiary/aromatic N) is 2. The van der Waals surface area contributed by atoms with Gasteiger partial charge in [-0.3, -0.25) is 9.48 Å². The number of benzene rings is 2. The molecule has 146 valence electrons. The maximum Gasteiger partial charge on any atom is 0.251 e. The molecule has 0 spiro atoms. The third-order valence-electron chi connectivity index (χ3n) is 4.87. The van der Waals surface area contributed by atoms with Gasteiger partial charge in [-0.25, -0.2) is 0 Å². The number of nitrogens with one attached hydrogen (secondary N) is 1. The Hall–Kier alpha value is -3.08. The van der Waals surface area contributed by atoms with Gasteiger partial charge in [0.1, 0.15) is 12.4 Å². The second kappa shape index (κ2) is 9.22. The summed E-state index contributed by atoms with van der Waals surface area (Å²) >= 11 is 0. The number of hydrogen-bond donors (Lipinski definition) is 1. The Morgan fingerprint density at radius 3 is 2.57 bits per heavy atom. The number of hydrogen-bond acceptors (Lipinski definition) is 3. The van der Waals surface area contributed by atoms with Crippen molar-refractivity contribution in [3.8, 4) is 5.75 Å². The van der Waals surface area contributed by atoms with Crippen LogP contribution in [0.25, 0.3) is 0 Å². The zero-order valence-electron chi connectivity index (χ0n) is 16.7. The molecule has 1 heterocycles. The van der Waals surface area contributed by atoms with Gasteiger partial charge in [0.15, 0.2) is 0 Å². The van der Waals surface area contributed by atoms with Gasteiger partial charge in [-0.05, 0) is 55.7 Å². The van der Waals surface area contributed by atoms with E-state index in [0.29, 0.717) is 18.7 Å². The van der Waals surface area contributed by atoms with Crippen molar-refractivity contribution >= 4 is 5.91 Å². The SMILES string of the molecule is CCc1ccc(OCc2cccc(C(=O)NCc3cnn(CC)c3C)c2)cc1. The van der Waals surface area contributed by atoms with Crippen LogP contribution < -0.4 is 10.1 Å². The lowest BCUT2D eigenvalue weighted by Gasteiger charge is -2.09. The molecule has 3 aromatic rings. The van der Waals surface area contributed by atoms with Gasteiger partial charge >= 0.3 is 0 Å². The van der Waals surface area contributed by atoms with Crippen LogP contribution in [0.2, 0.25) is 0 Å². The summed E-state index contributed by atoms with van der Waals surface area (Å²) in [4.78, 5) is 12.5. The molecule has 0 atom stereocenters. The van der Waals surface area contributed by atoms with Gasteiger partial charge in [-0.1, -0.05) is 31.2 Å². The van der Waals surface area contributed by atoms with Gasteiger partial charge < -0.3 is 10.1 Å². The van der Waals surface area contributed by atoms with Crippen molar-refractivity contribution < 1.29 is 9.53 Å².